The van der Waals surface area contributed by atoms with Gasteiger partial charge in [-0.25, -0.2) is 8.42 Å². The fourth-order valence-electron chi connectivity index (χ4n) is 4.12. The molecule has 0 aromatic heterocycles. The Bertz CT molecular complexity index is 1050. The zero-order valence-corrected chi connectivity index (χ0v) is 18.3. The zero-order chi connectivity index (χ0) is 20.3. The number of ether oxygens (including phenoxy) is 1. The summed E-state index contributed by atoms with van der Waals surface area (Å²) < 4.78 is 33.7. The van der Waals surface area contributed by atoms with Crippen LogP contribution in [0.2, 0.25) is 0 Å². The molecule has 0 saturated carbocycles. The van der Waals surface area contributed by atoms with E-state index in [1.165, 1.54) is 0 Å². The molecular weight excluding hydrogens is 442 g/mol. The molecule has 1 fully saturated rings. The van der Waals surface area contributed by atoms with Gasteiger partial charge >= 0.3 is 0 Å². The highest BCUT2D eigenvalue weighted by Gasteiger charge is 2.54. The second-order valence-electron chi connectivity index (χ2n) is 8.00. The summed E-state index contributed by atoms with van der Waals surface area (Å²) in [5.41, 5.74) is 0.893. The van der Waals surface area contributed by atoms with Gasteiger partial charge in [-0.15, -0.1) is 0 Å². The van der Waals surface area contributed by atoms with Crippen LogP contribution in [-0.2, 0) is 14.6 Å². The van der Waals surface area contributed by atoms with Crippen LogP contribution >= 0.6 is 15.9 Å². The Morgan fingerprint density at radius 2 is 1.86 bits per heavy atom. The van der Waals surface area contributed by atoms with Crippen molar-refractivity contribution in [2.75, 3.05) is 0 Å². The maximum atomic E-state index is 13.5. The number of amides is 1. The highest BCUT2D eigenvalue weighted by atomic mass is 79.9. The van der Waals surface area contributed by atoms with Gasteiger partial charge in [-0.3, -0.25) is 4.79 Å². The third kappa shape index (κ3) is 3.14. The van der Waals surface area contributed by atoms with E-state index in [-0.39, 0.29) is 4.90 Å². The number of rotatable bonds is 3. The number of halogens is 1. The SMILES string of the molecule is CC(C)c1ccc(S(=O)(=O)[C@@H]2C(=O)N[C@]3(C)C[C@@H]2c2cc(Br)ccc2O3)cc1. The molecule has 3 atom stereocenters. The molecule has 2 aliphatic rings. The second-order valence-corrected chi connectivity index (χ2v) is 11.0. The van der Waals surface area contributed by atoms with Crippen LogP contribution < -0.4 is 10.1 Å². The molecular formula is C21H22BrNO4S. The van der Waals surface area contributed by atoms with E-state index in [9.17, 15) is 13.2 Å². The predicted molar refractivity (Wildman–Crippen MR) is 110 cm³/mol. The summed E-state index contributed by atoms with van der Waals surface area (Å²) in [7, 11) is -3.87. The Balaban J connectivity index is 1.81. The van der Waals surface area contributed by atoms with Gasteiger partial charge in [-0.2, -0.15) is 0 Å². The fourth-order valence-corrected chi connectivity index (χ4v) is 6.33. The summed E-state index contributed by atoms with van der Waals surface area (Å²) in [5.74, 6) is -0.0837. The molecule has 0 radical (unpaired) electrons. The first-order valence-electron chi connectivity index (χ1n) is 9.25. The second kappa shape index (κ2) is 6.59. The van der Waals surface area contributed by atoms with E-state index in [2.05, 4.69) is 35.1 Å². The van der Waals surface area contributed by atoms with Gasteiger partial charge in [0, 0.05) is 22.4 Å². The van der Waals surface area contributed by atoms with E-state index in [0.717, 1.165) is 15.6 Å². The maximum Gasteiger partial charge on any atom is 0.242 e. The lowest BCUT2D eigenvalue weighted by atomic mass is 9.81. The average molecular weight is 464 g/mol. The number of carbonyl (C=O) groups excluding carboxylic acids is 1. The van der Waals surface area contributed by atoms with Crippen LogP contribution in [0.25, 0.3) is 0 Å². The van der Waals surface area contributed by atoms with E-state index in [1.807, 2.05) is 30.3 Å². The Morgan fingerprint density at radius 1 is 1.18 bits per heavy atom. The zero-order valence-electron chi connectivity index (χ0n) is 15.9. The Morgan fingerprint density at radius 3 is 2.50 bits per heavy atom. The minimum atomic E-state index is -3.87. The van der Waals surface area contributed by atoms with Gasteiger partial charge in [0.25, 0.3) is 0 Å². The molecule has 2 bridgehead atoms. The lowest BCUT2D eigenvalue weighted by molar-refractivity contribution is -0.132. The topological polar surface area (TPSA) is 72.5 Å². The van der Waals surface area contributed by atoms with E-state index in [0.29, 0.717) is 18.1 Å². The third-order valence-electron chi connectivity index (χ3n) is 5.54. The summed E-state index contributed by atoms with van der Waals surface area (Å²) in [5, 5.41) is 1.59. The van der Waals surface area contributed by atoms with Crippen molar-refractivity contribution in [3.63, 3.8) is 0 Å². The van der Waals surface area contributed by atoms with E-state index < -0.39 is 32.6 Å². The van der Waals surface area contributed by atoms with Gasteiger partial charge in [-0.05, 0) is 48.7 Å². The summed E-state index contributed by atoms with van der Waals surface area (Å²) >= 11 is 3.44. The molecule has 7 heteroatoms. The fraction of sp³-hybridized carbons (Fsp3) is 0.381. The van der Waals surface area contributed by atoms with Gasteiger partial charge < -0.3 is 10.1 Å². The third-order valence-corrected chi connectivity index (χ3v) is 8.17. The number of carbonyl (C=O) groups is 1. The first-order chi connectivity index (χ1) is 13.1. The van der Waals surface area contributed by atoms with Crippen LogP contribution in [-0.4, -0.2) is 25.3 Å². The molecule has 2 aliphatic heterocycles. The Hall–Kier alpha value is -1.86. The van der Waals surface area contributed by atoms with Crippen molar-refractivity contribution in [3.05, 3.63) is 58.1 Å². The molecule has 4 rings (SSSR count). The van der Waals surface area contributed by atoms with Crippen molar-refractivity contribution in [2.24, 2.45) is 0 Å². The standard InChI is InChI=1S/C21H22BrNO4S/c1-12(2)13-4-7-15(8-5-13)28(25,26)19-17-11-21(3,23-20(19)24)27-18-9-6-14(22)10-16(17)18/h4-10,12,17,19H,11H2,1-3H3,(H,23,24)/t17-,19+,21+/m1/s1. The largest absolute Gasteiger partial charge is 0.468 e. The summed E-state index contributed by atoms with van der Waals surface area (Å²) in [6.45, 7) is 5.88. The minimum Gasteiger partial charge on any atom is -0.468 e. The van der Waals surface area contributed by atoms with E-state index in [1.54, 1.807) is 19.1 Å². The molecule has 0 unspecified atom stereocenters. The number of hydrogen-bond donors (Lipinski definition) is 1. The normalized spacial score (nSPS) is 26.4. The van der Waals surface area contributed by atoms with Gasteiger partial charge in [-0.1, -0.05) is 41.9 Å². The molecule has 28 heavy (non-hydrogen) atoms. The lowest BCUT2D eigenvalue weighted by Crippen LogP contribution is -2.63. The number of hydrogen-bond acceptors (Lipinski definition) is 4. The van der Waals surface area contributed by atoms with E-state index >= 15 is 0 Å². The number of sulfone groups is 1. The van der Waals surface area contributed by atoms with Gasteiger partial charge in [0.05, 0.1) is 4.90 Å². The van der Waals surface area contributed by atoms with Crippen LogP contribution in [0, 0.1) is 0 Å². The Labute approximate surface area is 173 Å². The van der Waals surface area contributed by atoms with Gasteiger partial charge in [0.1, 0.15) is 5.75 Å². The van der Waals surface area contributed by atoms with E-state index in [4.69, 9.17) is 4.74 Å². The number of benzene rings is 2. The quantitative estimate of drug-likeness (QED) is 0.742. The van der Waals surface area contributed by atoms with Crippen molar-refractivity contribution in [2.45, 2.75) is 54.9 Å². The van der Waals surface area contributed by atoms with Crippen LogP contribution in [0.3, 0.4) is 0 Å². The van der Waals surface area contributed by atoms with Gasteiger partial charge in [0.15, 0.2) is 20.8 Å². The molecule has 0 spiro atoms. The van der Waals surface area contributed by atoms with Crippen molar-refractivity contribution < 1.29 is 17.9 Å². The molecule has 2 aromatic rings. The molecule has 0 aliphatic carbocycles. The van der Waals surface area contributed by atoms with Crippen molar-refractivity contribution in [1.82, 2.24) is 5.32 Å². The smallest absolute Gasteiger partial charge is 0.242 e. The first-order valence-corrected chi connectivity index (χ1v) is 11.6. The molecule has 1 saturated heterocycles. The maximum absolute atomic E-state index is 13.5. The summed E-state index contributed by atoms with van der Waals surface area (Å²) in [6, 6.07) is 12.3. The average Bonchev–Trinajstić information content (AvgIpc) is 2.61. The van der Waals surface area contributed by atoms with Crippen LogP contribution in [0.5, 0.6) is 5.75 Å². The summed E-state index contributed by atoms with van der Waals surface area (Å²) in [4.78, 5) is 13.1. The van der Waals surface area contributed by atoms with Gasteiger partial charge in [0.2, 0.25) is 5.91 Å². The lowest BCUT2D eigenvalue weighted by Gasteiger charge is -2.46. The van der Waals surface area contributed by atoms with Crippen LogP contribution in [0.4, 0.5) is 0 Å². The van der Waals surface area contributed by atoms with Crippen molar-refractivity contribution in [3.8, 4) is 5.75 Å². The highest BCUT2D eigenvalue weighted by Crippen LogP contribution is 2.47. The predicted octanol–water partition coefficient (Wildman–Crippen LogP) is 4.13. The molecule has 2 aromatic carbocycles. The molecule has 5 nitrogen and oxygen atoms in total. The number of nitrogens with one attached hydrogen (secondary N) is 1. The first kappa shape index (κ1) is 19.5. The summed E-state index contributed by atoms with van der Waals surface area (Å²) in [6.07, 6.45) is 0.399. The molecule has 148 valence electrons. The molecule has 2 heterocycles. The van der Waals surface area contributed by atoms with Crippen LogP contribution in [0.15, 0.2) is 51.8 Å². The van der Waals surface area contributed by atoms with Crippen LogP contribution in [0.1, 0.15) is 50.2 Å². The Kier molecular flexibility index (Phi) is 4.58. The van der Waals surface area contributed by atoms with Crippen molar-refractivity contribution in [1.29, 1.82) is 0 Å². The molecule has 1 N–H and O–H groups in total. The minimum absolute atomic E-state index is 0.170. The molecule has 1 amide bonds. The highest BCUT2D eigenvalue weighted by molar-refractivity contribution is 9.10. The number of fused-ring (bicyclic) bond motifs is 4. The monoisotopic (exact) mass is 463 g/mol. The number of piperidine rings is 1. The van der Waals surface area contributed by atoms with Crippen molar-refractivity contribution >= 4 is 31.7 Å².